The lowest BCUT2D eigenvalue weighted by molar-refractivity contribution is 0.322. The normalized spacial score (nSPS) is 13.2. The van der Waals surface area contributed by atoms with Gasteiger partial charge in [-0.2, -0.15) is 11.8 Å². The third-order valence-electron chi connectivity index (χ3n) is 2.03. The maximum atomic E-state index is 8.66. The van der Waals surface area contributed by atoms with E-state index in [-0.39, 0.29) is 0 Å². The van der Waals surface area contributed by atoms with Gasteiger partial charge in [0.2, 0.25) is 0 Å². The highest BCUT2D eigenvalue weighted by atomic mass is 32.2. The number of thioether (sulfide) groups is 1. The van der Waals surface area contributed by atoms with Gasteiger partial charge in [0.25, 0.3) is 0 Å². The van der Waals surface area contributed by atoms with Crippen molar-refractivity contribution in [1.29, 1.82) is 0 Å². The van der Waals surface area contributed by atoms with Gasteiger partial charge in [-0.3, -0.25) is 0 Å². The molecule has 74 valence electrons. The van der Waals surface area contributed by atoms with E-state index in [0.717, 1.165) is 11.0 Å². The summed E-state index contributed by atoms with van der Waals surface area (Å²) in [6.45, 7) is 4.80. The summed E-state index contributed by atoms with van der Waals surface area (Å²) in [6, 6.07) is 0. The second-order valence-electron chi connectivity index (χ2n) is 3.12. The van der Waals surface area contributed by atoms with Crippen molar-refractivity contribution >= 4 is 11.8 Å². The van der Waals surface area contributed by atoms with E-state index in [0.29, 0.717) is 6.61 Å². The Morgan fingerprint density at radius 2 is 2.00 bits per heavy atom. The van der Waals surface area contributed by atoms with Gasteiger partial charge in [-0.05, 0) is 12.8 Å². The standard InChI is InChI=1S/C10H22OS/c1-3-5-6-7-10(4-2)12-9-8-11/h10-11H,3-9H2,1-2H3. The minimum atomic E-state index is 0.328. The first-order valence-corrected chi connectivity index (χ1v) is 6.12. The maximum Gasteiger partial charge on any atom is 0.0521 e. The van der Waals surface area contributed by atoms with Crippen LogP contribution in [-0.2, 0) is 0 Å². The van der Waals surface area contributed by atoms with Crippen molar-refractivity contribution in [2.45, 2.75) is 51.2 Å². The molecule has 0 aromatic heterocycles. The molecule has 0 heterocycles. The predicted molar refractivity (Wildman–Crippen MR) is 57.8 cm³/mol. The lowest BCUT2D eigenvalue weighted by atomic mass is 10.1. The summed E-state index contributed by atoms with van der Waals surface area (Å²) < 4.78 is 0. The molecule has 1 atom stereocenters. The molecule has 1 N–H and O–H groups in total. The summed E-state index contributed by atoms with van der Waals surface area (Å²) in [7, 11) is 0. The van der Waals surface area contributed by atoms with Gasteiger partial charge in [0.05, 0.1) is 6.61 Å². The first-order chi connectivity index (χ1) is 5.85. The van der Waals surface area contributed by atoms with E-state index >= 15 is 0 Å². The quantitative estimate of drug-likeness (QED) is 0.594. The van der Waals surface area contributed by atoms with E-state index in [9.17, 15) is 0 Å². The van der Waals surface area contributed by atoms with E-state index in [1.807, 2.05) is 11.8 Å². The van der Waals surface area contributed by atoms with Gasteiger partial charge in [-0.15, -0.1) is 0 Å². The molecular weight excluding hydrogens is 168 g/mol. The second kappa shape index (κ2) is 9.40. The van der Waals surface area contributed by atoms with Crippen LogP contribution >= 0.6 is 11.8 Å². The topological polar surface area (TPSA) is 20.2 Å². The number of unbranched alkanes of at least 4 members (excludes halogenated alkanes) is 2. The molecule has 12 heavy (non-hydrogen) atoms. The molecular formula is C10H22OS. The SMILES string of the molecule is CCCCCC(CC)SCCO. The Kier molecular flexibility index (Phi) is 9.64. The van der Waals surface area contributed by atoms with Crippen molar-refractivity contribution in [1.82, 2.24) is 0 Å². The zero-order valence-electron chi connectivity index (χ0n) is 8.38. The maximum absolute atomic E-state index is 8.66. The molecule has 0 amide bonds. The van der Waals surface area contributed by atoms with Crippen LogP contribution in [0.25, 0.3) is 0 Å². The number of aliphatic hydroxyl groups excluding tert-OH is 1. The summed E-state index contributed by atoms with van der Waals surface area (Å²) in [5.74, 6) is 0.907. The molecule has 0 aromatic carbocycles. The van der Waals surface area contributed by atoms with E-state index in [4.69, 9.17) is 5.11 Å². The fraction of sp³-hybridized carbons (Fsp3) is 1.00. The van der Waals surface area contributed by atoms with Crippen molar-refractivity contribution in [3.8, 4) is 0 Å². The Bertz CT molecular complexity index is 85.9. The van der Waals surface area contributed by atoms with Gasteiger partial charge >= 0.3 is 0 Å². The summed E-state index contributed by atoms with van der Waals surface area (Å²) >= 11 is 1.92. The fourth-order valence-electron chi connectivity index (χ4n) is 1.25. The number of hydrogen-bond acceptors (Lipinski definition) is 2. The Labute approximate surface area is 80.9 Å². The third-order valence-corrected chi connectivity index (χ3v) is 3.49. The summed E-state index contributed by atoms with van der Waals surface area (Å²) in [5.41, 5.74) is 0. The number of rotatable bonds is 8. The van der Waals surface area contributed by atoms with Crippen molar-refractivity contribution in [3.63, 3.8) is 0 Å². The molecule has 0 aliphatic carbocycles. The van der Waals surface area contributed by atoms with E-state index in [1.165, 1.54) is 32.1 Å². The summed E-state index contributed by atoms with van der Waals surface area (Å²) in [5, 5.41) is 9.44. The van der Waals surface area contributed by atoms with Crippen LogP contribution < -0.4 is 0 Å². The lowest BCUT2D eigenvalue weighted by Gasteiger charge is -2.12. The summed E-state index contributed by atoms with van der Waals surface area (Å²) in [4.78, 5) is 0. The molecule has 2 heteroatoms. The predicted octanol–water partition coefficient (Wildman–Crippen LogP) is 3.07. The van der Waals surface area contributed by atoms with Crippen LogP contribution in [0.4, 0.5) is 0 Å². The minimum absolute atomic E-state index is 0.328. The van der Waals surface area contributed by atoms with Crippen LogP contribution in [0.5, 0.6) is 0 Å². The minimum Gasteiger partial charge on any atom is -0.396 e. The van der Waals surface area contributed by atoms with Crippen LogP contribution in [0.2, 0.25) is 0 Å². The molecule has 0 saturated heterocycles. The van der Waals surface area contributed by atoms with Gasteiger partial charge in [-0.25, -0.2) is 0 Å². The van der Waals surface area contributed by atoms with Crippen LogP contribution in [0, 0.1) is 0 Å². The average Bonchev–Trinajstić information content (AvgIpc) is 2.11. The monoisotopic (exact) mass is 190 g/mol. The highest BCUT2D eigenvalue weighted by Gasteiger charge is 2.04. The number of aliphatic hydroxyl groups is 1. The van der Waals surface area contributed by atoms with Crippen molar-refractivity contribution in [2.24, 2.45) is 0 Å². The lowest BCUT2D eigenvalue weighted by Crippen LogP contribution is -2.03. The molecule has 1 nitrogen and oxygen atoms in total. The molecule has 0 saturated carbocycles. The Hall–Kier alpha value is 0.310. The molecule has 1 unspecified atom stereocenters. The van der Waals surface area contributed by atoms with Gasteiger partial charge in [0.1, 0.15) is 0 Å². The van der Waals surface area contributed by atoms with E-state index < -0.39 is 0 Å². The second-order valence-corrected chi connectivity index (χ2v) is 4.53. The molecule has 0 spiro atoms. The van der Waals surface area contributed by atoms with E-state index in [1.54, 1.807) is 0 Å². The fourth-order valence-corrected chi connectivity index (χ4v) is 2.25. The first-order valence-electron chi connectivity index (χ1n) is 5.07. The zero-order chi connectivity index (χ0) is 9.23. The van der Waals surface area contributed by atoms with Gasteiger partial charge in [0.15, 0.2) is 0 Å². The largest absolute Gasteiger partial charge is 0.396 e. The van der Waals surface area contributed by atoms with Crippen molar-refractivity contribution in [2.75, 3.05) is 12.4 Å². The third kappa shape index (κ3) is 6.99. The number of hydrogen-bond donors (Lipinski definition) is 1. The Balaban J connectivity index is 3.26. The van der Waals surface area contributed by atoms with Crippen LogP contribution in [0.3, 0.4) is 0 Å². The molecule has 0 aliphatic rings. The molecule has 0 bridgehead atoms. The molecule has 0 aromatic rings. The molecule has 0 rings (SSSR count). The van der Waals surface area contributed by atoms with E-state index in [2.05, 4.69) is 13.8 Å². The van der Waals surface area contributed by atoms with Crippen LogP contribution in [0.15, 0.2) is 0 Å². The van der Waals surface area contributed by atoms with Gasteiger partial charge in [0, 0.05) is 11.0 Å². The van der Waals surface area contributed by atoms with Gasteiger partial charge < -0.3 is 5.11 Å². The average molecular weight is 190 g/mol. The molecule has 0 fully saturated rings. The van der Waals surface area contributed by atoms with Crippen molar-refractivity contribution < 1.29 is 5.11 Å². The highest BCUT2D eigenvalue weighted by molar-refractivity contribution is 7.99. The molecule has 0 aliphatic heterocycles. The van der Waals surface area contributed by atoms with Crippen molar-refractivity contribution in [3.05, 3.63) is 0 Å². The smallest absolute Gasteiger partial charge is 0.0521 e. The summed E-state index contributed by atoms with van der Waals surface area (Å²) in [6.07, 6.45) is 6.59. The van der Waals surface area contributed by atoms with Crippen LogP contribution in [0.1, 0.15) is 46.0 Å². The zero-order valence-corrected chi connectivity index (χ0v) is 9.20. The van der Waals surface area contributed by atoms with Crippen LogP contribution in [-0.4, -0.2) is 22.7 Å². The molecule has 0 radical (unpaired) electrons. The highest BCUT2D eigenvalue weighted by Crippen LogP contribution is 2.20. The first kappa shape index (κ1) is 12.3. The Morgan fingerprint density at radius 3 is 2.50 bits per heavy atom. The van der Waals surface area contributed by atoms with Gasteiger partial charge in [-0.1, -0.05) is 33.1 Å². The Morgan fingerprint density at radius 1 is 1.25 bits per heavy atom.